The molecule has 0 unspecified atom stereocenters. The third-order valence-electron chi connectivity index (χ3n) is 4.54. The van der Waals surface area contributed by atoms with E-state index in [4.69, 9.17) is 20.7 Å². The van der Waals surface area contributed by atoms with Gasteiger partial charge in [0.1, 0.15) is 5.82 Å². The molecule has 2 aromatic carbocycles. The minimum absolute atomic E-state index is 0. The van der Waals surface area contributed by atoms with Gasteiger partial charge in [-0.25, -0.2) is 4.39 Å². The van der Waals surface area contributed by atoms with Crippen LogP contribution in [0.3, 0.4) is 0 Å². The molecule has 0 heterocycles. The Bertz CT molecular complexity index is 940. The molecule has 2 aromatic rings. The molecule has 0 atom stereocenters. The number of esters is 1. The quantitative estimate of drug-likeness (QED) is 0.484. The van der Waals surface area contributed by atoms with Gasteiger partial charge in [-0.05, 0) is 66.6 Å². The van der Waals surface area contributed by atoms with E-state index >= 15 is 0 Å². The number of rotatable bonds is 5. The Labute approximate surface area is 195 Å². The van der Waals surface area contributed by atoms with Crippen LogP contribution >= 0.6 is 11.6 Å². The molecule has 0 radical (unpaired) electrons. The van der Waals surface area contributed by atoms with Crippen LogP contribution in [0.2, 0.25) is 5.02 Å². The molecule has 184 valence electrons. The summed E-state index contributed by atoms with van der Waals surface area (Å²) in [5.41, 5.74) is 4.53. The minimum atomic E-state index is -0.516. The van der Waals surface area contributed by atoms with Gasteiger partial charge in [-0.2, -0.15) is 0 Å². The number of hydrogen-bond donors (Lipinski definition) is 1. The minimum Gasteiger partial charge on any atom is -0.469 e. The molecular formula is C21H69ClFNO2. The lowest BCUT2D eigenvalue weighted by Crippen LogP contribution is -2.12. The van der Waals surface area contributed by atoms with Crippen molar-refractivity contribution in [3.63, 3.8) is 0 Å². The van der Waals surface area contributed by atoms with Crippen molar-refractivity contribution in [3.8, 4) is 0 Å². The fraction of sp³-hybridized carbons (Fsp3) is 0.381. The van der Waals surface area contributed by atoms with E-state index in [-0.39, 0.29) is 59.1 Å². The van der Waals surface area contributed by atoms with Crippen molar-refractivity contribution in [1.29, 1.82) is 0 Å². The average Bonchev–Trinajstić information content (AvgIpc) is 2.69. The van der Waals surface area contributed by atoms with Gasteiger partial charge in [-0.1, -0.05) is 31.5 Å². The van der Waals surface area contributed by atoms with Crippen molar-refractivity contribution >= 4 is 28.9 Å². The number of anilines is 2. The van der Waals surface area contributed by atoms with Gasteiger partial charge in [-0.15, -0.1) is 0 Å². The Kier molecular flexibility index (Phi) is 5.40. The molecular weight excluding hydrogens is 353 g/mol. The molecule has 0 bridgehead atoms. The van der Waals surface area contributed by atoms with Crippen molar-refractivity contribution in [2.45, 2.75) is 47.0 Å². The number of halogens is 2. The second-order valence-electron chi connectivity index (χ2n) is 6.73. The predicted molar refractivity (Wildman–Crippen MR) is 152 cm³/mol. The molecule has 0 aliphatic carbocycles. The first-order chi connectivity index (χ1) is 13.6. The highest BCUT2D eigenvalue weighted by Crippen LogP contribution is 2.36. The van der Waals surface area contributed by atoms with Crippen LogP contribution in [0, 0.1) is 26.6 Å². The maximum absolute atomic E-state index is 14.4. The molecule has 0 saturated carbocycles. The Hall–Kier alpha value is -2.07. The molecule has 0 saturated heterocycles. The van der Waals surface area contributed by atoms with Crippen LogP contribution in [0.15, 0.2) is 18.2 Å². The lowest BCUT2D eigenvalue weighted by molar-refractivity contribution is -0.139. The summed E-state index contributed by atoms with van der Waals surface area (Å²) in [6.07, 6.45) is -0.0123. The number of carbonyl (C=O) groups excluding carboxylic acids is 1. The van der Waals surface area contributed by atoms with Crippen LogP contribution in [0.1, 0.15) is 81.9 Å². The van der Waals surface area contributed by atoms with Crippen LogP contribution in [-0.4, -0.2) is 13.1 Å². The summed E-state index contributed by atoms with van der Waals surface area (Å²) in [6, 6.07) is 3.15. The zero-order valence-electron chi connectivity index (χ0n) is 19.0. The topological polar surface area (TPSA) is 38.3 Å². The van der Waals surface area contributed by atoms with Gasteiger partial charge in [0.25, 0.3) is 0 Å². The first-order valence-corrected chi connectivity index (χ1v) is 8.88. The highest BCUT2D eigenvalue weighted by atomic mass is 35.5. The van der Waals surface area contributed by atoms with Crippen molar-refractivity contribution in [1.82, 2.24) is 0 Å². The fourth-order valence-corrected chi connectivity index (χ4v) is 3.47. The number of hydrogen-bond acceptors (Lipinski definition) is 3. The highest BCUT2D eigenvalue weighted by Gasteiger charge is 2.20. The van der Waals surface area contributed by atoms with Crippen LogP contribution in [0.5, 0.6) is 0 Å². The smallest absolute Gasteiger partial charge is 0.310 e. The molecule has 0 aliphatic rings. The summed E-state index contributed by atoms with van der Waals surface area (Å²) in [4.78, 5) is 12.0. The third-order valence-corrected chi connectivity index (χ3v) is 5.02. The van der Waals surface area contributed by atoms with E-state index < -0.39 is 11.8 Å². The summed E-state index contributed by atoms with van der Waals surface area (Å²) < 4.78 is 37.9. The lowest BCUT2D eigenvalue weighted by Gasteiger charge is -2.22. The zero-order valence-corrected chi connectivity index (χ0v) is 16.8. The highest BCUT2D eigenvalue weighted by molar-refractivity contribution is 6.34. The summed E-state index contributed by atoms with van der Waals surface area (Å²) in [5, 5.41) is 3.24. The number of ether oxygens (including phenoxy) is 1. The maximum atomic E-state index is 14.4. The van der Waals surface area contributed by atoms with Gasteiger partial charge in [0.15, 0.2) is 0 Å². The molecule has 0 fully saturated rings. The monoisotopic (exact) mass is 425 g/mol. The first kappa shape index (κ1) is 17.3. The molecule has 0 amide bonds. The van der Waals surface area contributed by atoms with Gasteiger partial charge >= 0.3 is 5.97 Å². The van der Waals surface area contributed by atoms with Crippen LogP contribution in [0.25, 0.3) is 0 Å². The van der Waals surface area contributed by atoms with Gasteiger partial charge in [-0.3, -0.25) is 4.79 Å². The molecule has 0 spiro atoms. The Morgan fingerprint density at radius 3 is 2.65 bits per heavy atom. The van der Waals surface area contributed by atoms with Crippen molar-refractivity contribution in [2.75, 3.05) is 12.4 Å². The molecule has 1 N–H and O–H groups in total. The number of methoxy groups -OCH3 is 1. The van der Waals surface area contributed by atoms with Gasteiger partial charge in [0.05, 0.1) is 25.6 Å². The summed E-state index contributed by atoms with van der Waals surface area (Å²) in [6.45, 7) is 9.65. The van der Waals surface area contributed by atoms with Gasteiger partial charge in [0, 0.05) is 38.6 Å². The van der Waals surface area contributed by atoms with E-state index in [0.29, 0.717) is 16.8 Å². The first-order valence-electron chi connectivity index (χ1n) is 10.0. The maximum Gasteiger partial charge on any atom is 0.310 e. The van der Waals surface area contributed by atoms with E-state index in [0.717, 1.165) is 16.7 Å². The zero-order chi connectivity index (χ0) is 22.5. The third kappa shape index (κ3) is 4.01. The molecule has 0 aliphatic heterocycles. The van der Waals surface area contributed by atoms with Crippen molar-refractivity contribution < 1.29 is 48.2 Å². The number of carbonyl (C=O) groups is 1. The van der Waals surface area contributed by atoms with Crippen molar-refractivity contribution in [3.05, 3.63) is 56.8 Å². The molecule has 3 nitrogen and oxygen atoms in total. The molecule has 0 aromatic heterocycles. The van der Waals surface area contributed by atoms with Crippen molar-refractivity contribution in [2.24, 2.45) is 0 Å². The van der Waals surface area contributed by atoms with E-state index in [9.17, 15) is 9.18 Å². The van der Waals surface area contributed by atoms with E-state index in [1.165, 1.54) is 13.2 Å². The van der Waals surface area contributed by atoms with E-state index in [1.807, 2.05) is 27.7 Å². The summed E-state index contributed by atoms with van der Waals surface area (Å²) in [7, 11) is 1.32. The number of benzene rings is 2. The largest absolute Gasteiger partial charge is 0.469 e. The molecule has 2 rings (SSSR count). The van der Waals surface area contributed by atoms with Gasteiger partial charge in [0.2, 0.25) is 0 Å². The number of aryl methyl sites for hydroxylation is 1. The Morgan fingerprint density at radius 2 is 2.08 bits per heavy atom. The van der Waals surface area contributed by atoms with Crippen LogP contribution in [-0.2, 0) is 16.0 Å². The SMILES string of the molecule is [2H][2H].[2H]c1c(C)c(C(C)C)c(C)c(CC(=O)OC)c1Nc1c(F)ccc(C)c1Cl.[HH].[HH].[HH].[HH].[HH].[HH].[HH].[HH].[HH].[HH].[HH].[HH].[HH].[HH].[HH].[HH].[HH].[HH].[HH].[HH].[HH]. The second kappa shape index (κ2) is 8.09. The standard InChI is InChI=1S/C21H25ClFNO2.22H2/c1-11(2)19-13(4)9-17(15(14(19)5)10-18(25)26-6)24-21-16(23)8-7-12(3)20(21)22;;;;;;;;;;;;;;;;;;;;;;/h7-9,11,24H,10H2,1-6H3;22*1H/i9D;1+1D;;;;;;;;;;;;;;;;;;;;;. The fourth-order valence-electron chi connectivity index (χ4n) is 3.27. The Morgan fingerprint density at radius 1 is 1.42 bits per heavy atom. The summed E-state index contributed by atoms with van der Waals surface area (Å²) >= 11 is 6.29. The average molecular weight is 425 g/mol. The lowest BCUT2D eigenvalue weighted by atomic mass is 9.88. The Balaban J connectivity index is -0.0000000189. The second-order valence-corrected chi connectivity index (χ2v) is 7.11. The van der Waals surface area contributed by atoms with E-state index in [1.54, 1.807) is 13.0 Å². The van der Waals surface area contributed by atoms with Crippen LogP contribution < -0.4 is 5.32 Å². The summed E-state index contributed by atoms with van der Waals surface area (Å²) in [5.74, 6) is -0.758. The van der Waals surface area contributed by atoms with Crippen LogP contribution in [0.4, 0.5) is 15.8 Å². The van der Waals surface area contributed by atoms with Gasteiger partial charge < -0.3 is 10.1 Å². The van der Waals surface area contributed by atoms with E-state index in [2.05, 4.69) is 5.32 Å². The molecule has 26 heavy (non-hydrogen) atoms. The normalized spacial score (nSPS) is 11.8. The number of nitrogens with one attached hydrogen (secondary N) is 1. The molecule has 5 heteroatoms. The predicted octanol–water partition coefficient (Wildman–Crippen LogP) is 11.4.